The van der Waals surface area contributed by atoms with Gasteiger partial charge in [-0.2, -0.15) is 0 Å². The molecule has 3 rings (SSSR count). The molecule has 0 radical (unpaired) electrons. The minimum Gasteiger partial charge on any atom is -0.486 e. The Morgan fingerprint density at radius 3 is 2.81 bits per heavy atom. The van der Waals surface area contributed by atoms with Crippen molar-refractivity contribution in [3.05, 3.63) is 23.8 Å². The van der Waals surface area contributed by atoms with Gasteiger partial charge < -0.3 is 19.7 Å². The molecule has 116 valence electrons. The van der Waals surface area contributed by atoms with Gasteiger partial charge in [-0.1, -0.05) is 6.07 Å². The zero-order valence-electron chi connectivity index (χ0n) is 13.1. The fourth-order valence-corrected chi connectivity index (χ4v) is 3.12. The molecule has 1 atom stereocenters. The molecular formula is C17H26N2O2. The van der Waals surface area contributed by atoms with Gasteiger partial charge in [0.25, 0.3) is 0 Å². The van der Waals surface area contributed by atoms with E-state index in [4.69, 9.17) is 9.47 Å². The van der Waals surface area contributed by atoms with Crippen LogP contribution in [0.3, 0.4) is 0 Å². The molecule has 0 aromatic heterocycles. The SMILES string of the molecule is CC(C)N1CCC(CNCc2ccc3c(c2)OCCO3)C1. The smallest absolute Gasteiger partial charge is 0.161 e. The summed E-state index contributed by atoms with van der Waals surface area (Å²) in [5.74, 6) is 2.53. The number of nitrogens with zero attached hydrogens (tertiary/aromatic N) is 1. The van der Waals surface area contributed by atoms with Crippen LogP contribution in [0.25, 0.3) is 0 Å². The van der Waals surface area contributed by atoms with Crippen LogP contribution in [-0.4, -0.2) is 43.8 Å². The largest absolute Gasteiger partial charge is 0.486 e. The molecule has 4 nitrogen and oxygen atoms in total. The van der Waals surface area contributed by atoms with Crippen LogP contribution in [0.15, 0.2) is 18.2 Å². The van der Waals surface area contributed by atoms with Crippen molar-refractivity contribution in [1.82, 2.24) is 10.2 Å². The number of fused-ring (bicyclic) bond motifs is 1. The van der Waals surface area contributed by atoms with E-state index >= 15 is 0 Å². The van der Waals surface area contributed by atoms with Crippen LogP contribution in [-0.2, 0) is 6.54 Å². The van der Waals surface area contributed by atoms with Crippen molar-refractivity contribution in [3.63, 3.8) is 0 Å². The zero-order chi connectivity index (χ0) is 14.7. The van der Waals surface area contributed by atoms with Crippen molar-refractivity contribution < 1.29 is 9.47 Å². The third-order valence-corrected chi connectivity index (χ3v) is 4.42. The third-order valence-electron chi connectivity index (χ3n) is 4.42. The normalized spacial score (nSPS) is 22.0. The second kappa shape index (κ2) is 6.67. The second-order valence-electron chi connectivity index (χ2n) is 6.35. The van der Waals surface area contributed by atoms with E-state index in [-0.39, 0.29) is 0 Å². The van der Waals surface area contributed by atoms with Gasteiger partial charge in [0.05, 0.1) is 0 Å². The first-order chi connectivity index (χ1) is 10.2. The van der Waals surface area contributed by atoms with Crippen LogP contribution in [0, 0.1) is 5.92 Å². The first-order valence-corrected chi connectivity index (χ1v) is 8.05. The summed E-state index contributed by atoms with van der Waals surface area (Å²) >= 11 is 0. The van der Waals surface area contributed by atoms with E-state index in [0.717, 1.165) is 30.5 Å². The standard InChI is InChI=1S/C17H26N2O2/c1-13(2)19-6-5-15(12-19)11-18-10-14-3-4-16-17(9-14)21-8-7-20-16/h3-4,9,13,15,18H,5-8,10-12H2,1-2H3. The molecule has 21 heavy (non-hydrogen) atoms. The fraction of sp³-hybridized carbons (Fsp3) is 0.647. The lowest BCUT2D eigenvalue weighted by atomic mass is 10.1. The van der Waals surface area contributed by atoms with E-state index in [1.807, 2.05) is 6.07 Å². The molecule has 1 N–H and O–H groups in total. The molecule has 0 spiro atoms. The van der Waals surface area contributed by atoms with E-state index in [0.29, 0.717) is 19.3 Å². The van der Waals surface area contributed by atoms with Gasteiger partial charge in [-0.05, 0) is 57.0 Å². The number of benzene rings is 1. The number of hydrogen-bond acceptors (Lipinski definition) is 4. The maximum Gasteiger partial charge on any atom is 0.161 e. The van der Waals surface area contributed by atoms with Crippen LogP contribution in [0.5, 0.6) is 11.5 Å². The van der Waals surface area contributed by atoms with Crippen molar-refractivity contribution in [1.29, 1.82) is 0 Å². The quantitative estimate of drug-likeness (QED) is 0.902. The summed E-state index contributed by atoms with van der Waals surface area (Å²) in [7, 11) is 0. The van der Waals surface area contributed by atoms with Gasteiger partial charge in [-0.3, -0.25) is 0 Å². The van der Waals surface area contributed by atoms with Gasteiger partial charge in [-0.25, -0.2) is 0 Å². The number of rotatable bonds is 5. The van der Waals surface area contributed by atoms with Crippen LogP contribution in [0.2, 0.25) is 0 Å². The summed E-state index contributed by atoms with van der Waals surface area (Å²) in [6.45, 7) is 10.3. The molecule has 2 aliphatic heterocycles. The molecule has 1 aromatic carbocycles. The summed E-state index contributed by atoms with van der Waals surface area (Å²) in [5, 5.41) is 3.59. The monoisotopic (exact) mass is 290 g/mol. The molecule has 1 fully saturated rings. The Balaban J connectivity index is 1.45. The zero-order valence-corrected chi connectivity index (χ0v) is 13.1. The first kappa shape index (κ1) is 14.7. The van der Waals surface area contributed by atoms with Crippen molar-refractivity contribution in [2.24, 2.45) is 5.92 Å². The van der Waals surface area contributed by atoms with E-state index in [2.05, 4.69) is 36.2 Å². The lowest BCUT2D eigenvalue weighted by Crippen LogP contribution is -2.30. The number of likely N-dealkylation sites (tertiary alicyclic amines) is 1. The molecule has 0 aliphatic carbocycles. The van der Waals surface area contributed by atoms with E-state index in [1.54, 1.807) is 0 Å². The Morgan fingerprint density at radius 2 is 2.05 bits per heavy atom. The molecule has 1 saturated heterocycles. The van der Waals surface area contributed by atoms with E-state index in [9.17, 15) is 0 Å². The average Bonchev–Trinajstić information content (AvgIpc) is 2.96. The van der Waals surface area contributed by atoms with Gasteiger partial charge in [-0.15, -0.1) is 0 Å². The molecule has 1 unspecified atom stereocenters. The summed E-state index contributed by atoms with van der Waals surface area (Å²) < 4.78 is 11.2. The molecule has 2 heterocycles. The highest BCUT2D eigenvalue weighted by molar-refractivity contribution is 5.43. The maximum absolute atomic E-state index is 5.62. The highest BCUT2D eigenvalue weighted by Gasteiger charge is 2.23. The molecule has 0 amide bonds. The summed E-state index contributed by atoms with van der Waals surface area (Å²) in [4.78, 5) is 2.57. The Hall–Kier alpha value is -1.26. The summed E-state index contributed by atoms with van der Waals surface area (Å²) in [6, 6.07) is 6.90. The molecular weight excluding hydrogens is 264 g/mol. The molecule has 0 saturated carbocycles. The number of nitrogens with one attached hydrogen (secondary N) is 1. The van der Waals surface area contributed by atoms with Crippen LogP contribution >= 0.6 is 0 Å². The predicted molar refractivity (Wildman–Crippen MR) is 84.0 cm³/mol. The van der Waals surface area contributed by atoms with Gasteiger partial charge in [0, 0.05) is 19.1 Å². The maximum atomic E-state index is 5.62. The summed E-state index contributed by atoms with van der Waals surface area (Å²) in [5.41, 5.74) is 1.26. The predicted octanol–water partition coefficient (Wildman–Crippen LogP) is 2.28. The Bertz CT molecular complexity index is 476. The highest BCUT2D eigenvalue weighted by atomic mass is 16.6. The average molecular weight is 290 g/mol. The van der Waals surface area contributed by atoms with Gasteiger partial charge in [0.15, 0.2) is 11.5 Å². The fourth-order valence-electron chi connectivity index (χ4n) is 3.12. The van der Waals surface area contributed by atoms with Crippen molar-refractivity contribution in [2.45, 2.75) is 32.9 Å². The molecule has 2 aliphatic rings. The van der Waals surface area contributed by atoms with Crippen LogP contribution in [0.4, 0.5) is 0 Å². The topological polar surface area (TPSA) is 33.7 Å². The van der Waals surface area contributed by atoms with Crippen molar-refractivity contribution in [3.8, 4) is 11.5 Å². The Labute approximate surface area is 127 Å². The lowest BCUT2D eigenvalue weighted by Gasteiger charge is -2.20. The Morgan fingerprint density at radius 1 is 1.24 bits per heavy atom. The molecule has 4 heteroatoms. The Kier molecular flexibility index (Phi) is 4.66. The van der Waals surface area contributed by atoms with Gasteiger partial charge >= 0.3 is 0 Å². The van der Waals surface area contributed by atoms with Crippen molar-refractivity contribution >= 4 is 0 Å². The van der Waals surface area contributed by atoms with E-state index < -0.39 is 0 Å². The molecule has 1 aromatic rings. The van der Waals surface area contributed by atoms with Gasteiger partial charge in [0.1, 0.15) is 13.2 Å². The first-order valence-electron chi connectivity index (χ1n) is 8.05. The molecule has 0 bridgehead atoms. The number of hydrogen-bond donors (Lipinski definition) is 1. The summed E-state index contributed by atoms with van der Waals surface area (Å²) in [6.07, 6.45) is 1.31. The number of ether oxygens (including phenoxy) is 2. The van der Waals surface area contributed by atoms with Crippen LogP contribution in [0.1, 0.15) is 25.8 Å². The minimum atomic E-state index is 0.650. The van der Waals surface area contributed by atoms with Gasteiger partial charge in [0.2, 0.25) is 0 Å². The second-order valence-corrected chi connectivity index (χ2v) is 6.35. The van der Waals surface area contributed by atoms with Crippen LogP contribution < -0.4 is 14.8 Å². The lowest BCUT2D eigenvalue weighted by molar-refractivity contribution is 0.171. The van der Waals surface area contributed by atoms with E-state index in [1.165, 1.54) is 25.1 Å². The minimum absolute atomic E-state index is 0.650. The highest BCUT2D eigenvalue weighted by Crippen LogP contribution is 2.30. The van der Waals surface area contributed by atoms with Crippen molar-refractivity contribution in [2.75, 3.05) is 32.8 Å². The third kappa shape index (κ3) is 3.69.